The standard InChI is InChI=1S/C12H10BrN3O2/c13-10-4-9(6-14-8-10)7-15-11-2-1-3-12(5-11)16(17)18/h1-6,8,15H,7H2. The Labute approximate surface area is 112 Å². The molecule has 6 heteroatoms. The summed E-state index contributed by atoms with van der Waals surface area (Å²) in [5, 5.41) is 13.8. The number of benzene rings is 1. The van der Waals surface area contributed by atoms with Crippen molar-refractivity contribution in [1.29, 1.82) is 0 Å². The lowest BCUT2D eigenvalue weighted by Gasteiger charge is -2.06. The number of nitrogens with zero attached hydrogens (tertiary/aromatic N) is 2. The summed E-state index contributed by atoms with van der Waals surface area (Å²) in [6.45, 7) is 0.563. The Hall–Kier alpha value is -1.95. The van der Waals surface area contributed by atoms with E-state index in [1.165, 1.54) is 12.1 Å². The first-order valence-corrected chi connectivity index (χ1v) is 6.02. The summed E-state index contributed by atoms with van der Waals surface area (Å²) < 4.78 is 0.904. The van der Waals surface area contributed by atoms with Crippen molar-refractivity contribution in [1.82, 2.24) is 4.98 Å². The van der Waals surface area contributed by atoms with Crippen molar-refractivity contribution in [2.45, 2.75) is 6.54 Å². The molecule has 0 saturated heterocycles. The van der Waals surface area contributed by atoms with Gasteiger partial charge in [-0.2, -0.15) is 0 Å². The Morgan fingerprint density at radius 1 is 1.33 bits per heavy atom. The lowest BCUT2D eigenvalue weighted by molar-refractivity contribution is -0.384. The average Bonchev–Trinajstić information content (AvgIpc) is 2.37. The van der Waals surface area contributed by atoms with Crippen LogP contribution in [0, 0.1) is 10.1 Å². The topological polar surface area (TPSA) is 68.1 Å². The molecular weight excluding hydrogens is 298 g/mol. The number of halogens is 1. The van der Waals surface area contributed by atoms with E-state index in [4.69, 9.17) is 0 Å². The molecule has 1 aromatic heterocycles. The summed E-state index contributed by atoms with van der Waals surface area (Å²) in [5.41, 5.74) is 1.78. The number of nitro benzene ring substituents is 1. The molecule has 0 bridgehead atoms. The van der Waals surface area contributed by atoms with Crippen LogP contribution in [0.15, 0.2) is 47.2 Å². The molecule has 0 atom stereocenters. The minimum Gasteiger partial charge on any atom is -0.381 e. The molecule has 0 aliphatic rings. The first-order valence-electron chi connectivity index (χ1n) is 5.23. The number of nitro groups is 1. The van der Waals surface area contributed by atoms with Gasteiger partial charge >= 0.3 is 0 Å². The van der Waals surface area contributed by atoms with Gasteiger partial charge < -0.3 is 5.32 Å². The van der Waals surface area contributed by atoms with Gasteiger partial charge in [0.2, 0.25) is 0 Å². The predicted octanol–water partition coefficient (Wildman–Crippen LogP) is 3.36. The summed E-state index contributed by atoms with van der Waals surface area (Å²) in [5.74, 6) is 0. The molecule has 0 aliphatic heterocycles. The molecule has 0 radical (unpaired) electrons. The van der Waals surface area contributed by atoms with Crippen LogP contribution in [0.25, 0.3) is 0 Å². The molecular formula is C12H10BrN3O2. The van der Waals surface area contributed by atoms with Gasteiger partial charge in [0.1, 0.15) is 0 Å². The van der Waals surface area contributed by atoms with Crippen LogP contribution in [0.1, 0.15) is 5.56 Å². The number of non-ortho nitro benzene ring substituents is 1. The molecule has 18 heavy (non-hydrogen) atoms. The molecule has 2 aromatic rings. The van der Waals surface area contributed by atoms with Crippen molar-refractivity contribution < 1.29 is 4.92 Å². The number of hydrogen-bond acceptors (Lipinski definition) is 4. The average molecular weight is 308 g/mol. The normalized spacial score (nSPS) is 10.1. The highest BCUT2D eigenvalue weighted by Crippen LogP contribution is 2.18. The molecule has 0 fully saturated rings. The van der Waals surface area contributed by atoms with Gasteiger partial charge in [-0.25, -0.2) is 0 Å². The van der Waals surface area contributed by atoms with Gasteiger partial charge in [-0.1, -0.05) is 6.07 Å². The smallest absolute Gasteiger partial charge is 0.271 e. The number of pyridine rings is 1. The Balaban J connectivity index is 2.06. The second-order valence-electron chi connectivity index (χ2n) is 3.67. The van der Waals surface area contributed by atoms with Crippen molar-refractivity contribution >= 4 is 27.3 Å². The van der Waals surface area contributed by atoms with Crippen molar-refractivity contribution in [2.75, 3.05) is 5.32 Å². The molecule has 0 spiro atoms. The molecule has 92 valence electrons. The Morgan fingerprint density at radius 2 is 2.17 bits per heavy atom. The minimum atomic E-state index is -0.411. The predicted molar refractivity (Wildman–Crippen MR) is 72.4 cm³/mol. The quantitative estimate of drug-likeness (QED) is 0.694. The molecule has 0 amide bonds. The molecule has 0 unspecified atom stereocenters. The van der Waals surface area contributed by atoms with Gasteiger partial charge in [-0.15, -0.1) is 0 Å². The van der Waals surface area contributed by atoms with E-state index in [1.807, 2.05) is 6.07 Å². The van der Waals surface area contributed by atoms with Crippen LogP contribution in [-0.2, 0) is 6.54 Å². The fraction of sp³-hybridized carbons (Fsp3) is 0.0833. The molecule has 2 rings (SSSR count). The third-order valence-corrected chi connectivity index (χ3v) is 2.75. The second kappa shape index (κ2) is 5.59. The number of nitrogens with one attached hydrogen (secondary N) is 1. The largest absolute Gasteiger partial charge is 0.381 e. The van der Waals surface area contributed by atoms with E-state index < -0.39 is 4.92 Å². The third-order valence-electron chi connectivity index (χ3n) is 2.32. The highest BCUT2D eigenvalue weighted by atomic mass is 79.9. The first kappa shape index (κ1) is 12.5. The van der Waals surface area contributed by atoms with Gasteiger partial charge in [-0.05, 0) is 33.6 Å². The van der Waals surface area contributed by atoms with E-state index in [0.717, 1.165) is 10.0 Å². The van der Waals surface area contributed by atoms with E-state index in [0.29, 0.717) is 12.2 Å². The first-order chi connectivity index (χ1) is 8.65. The fourth-order valence-corrected chi connectivity index (χ4v) is 1.90. The van der Waals surface area contributed by atoms with Gasteiger partial charge in [0.05, 0.1) is 4.92 Å². The third kappa shape index (κ3) is 3.27. The van der Waals surface area contributed by atoms with E-state index in [1.54, 1.807) is 24.5 Å². The SMILES string of the molecule is O=[N+]([O-])c1cccc(NCc2cncc(Br)c2)c1. The van der Waals surface area contributed by atoms with Gasteiger partial charge in [-0.3, -0.25) is 15.1 Å². The maximum Gasteiger partial charge on any atom is 0.271 e. The zero-order valence-electron chi connectivity index (χ0n) is 9.34. The van der Waals surface area contributed by atoms with Crippen LogP contribution in [-0.4, -0.2) is 9.91 Å². The Bertz CT molecular complexity index is 575. The van der Waals surface area contributed by atoms with Crippen LogP contribution >= 0.6 is 15.9 Å². The van der Waals surface area contributed by atoms with Crippen molar-refractivity contribution in [2.24, 2.45) is 0 Å². The highest BCUT2D eigenvalue weighted by molar-refractivity contribution is 9.10. The summed E-state index contributed by atoms with van der Waals surface area (Å²) in [6.07, 6.45) is 3.45. The van der Waals surface area contributed by atoms with Crippen LogP contribution < -0.4 is 5.32 Å². The summed E-state index contributed by atoms with van der Waals surface area (Å²) in [7, 11) is 0. The second-order valence-corrected chi connectivity index (χ2v) is 4.59. The molecule has 0 aliphatic carbocycles. The zero-order valence-corrected chi connectivity index (χ0v) is 10.9. The Kier molecular flexibility index (Phi) is 3.88. The van der Waals surface area contributed by atoms with Crippen LogP contribution in [0.4, 0.5) is 11.4 Å². The molecule has 0 saturated carbocycles. The van der Waals surface area contributed by atoms with Crippen LogP contribution in [0.5, 0.6) is 0 Å². The van der Waals surface area contributed by atoms with Crippen LogP contribution in [0.2, 0.25) is 0 Å². The van der Waals surface area contributed by atoms with Gasteiger partial charge in [0.15, 0.2) is 0 Å². The van der Waals surface area contributed by atoms with Crippen molar-refractivity contribution in [3.63, 3.8) is 0 Å². The minimum absolute atomic E-state index is 0.0763. The number of aromatic nitrogens is 1. The van der Waals surface area contributed by atoms with E-state index in [9.17, 15) is 10.1 Å². The fourth-order valence-electron chi connectivity index (χ4n) is 1.49. The zero-order chi connectivity index (χ0) is 13.0. The monoisotopic (exact) mass is 307 g/mol. The number of rotatable bonds is 4. The van der Waals surface area contributed by atoms with E-state index in [-0.39, 0.29) is 5.69 Å². The summed E-state index contributed by atoms with van der Waals surface area (Å²) in [6, 6.07) is 8.35. The van der Waals surface area contributed by atoms with Crippen molar-refractivity contribution in [3.8, 4) is 0 Å². The maximum absolute atomic E-state index is 10.6. The molecule has 1 aromatic carbocycles. The lowest BCUT2D eigenvalue weighted by atomic mass is 10.2. The molecule has 5 nitrogen and oxygen atoms in total. The van der Waals surface area contributed by atoms with Gasteiger partial charge in [0.25, 0.3) is 5.69 Å². The van der Waals surface area contributed by atoms with Crippen molar-refractivity contribution in [3.05, 3.63) is 62.9 Å². The number of hydrogen-bond donors (Lipinski definition) is 1. The summed E-state index contributed by atoms with van der Waals surface area (Å²) >= 11 is 3.34. The highest BCUT2D eigenvalue weighted by Gasteiger charge is 2.05. The van der Waals surface area contributed by atoms with Crippen LogP contribution in [0.3, 0.4) is 0 Å². The molecule has 1 heterocycles. The van der Waals surface area contributed by atoms with E-state index in [2.05, 4.69) is 26.2 Å². The lowest BCUT2D eigenvalue weighted by Crippen LogP contribution is -2.00. The maximum atomic E-state index is 10.6. The Morgan fingerprint density at radius 3 is 2.89 bits per heavy atom. The molecule has 1 N–H and O–H groups in total. The van der Waals surface area contributed by atoms with Gasteiger partial charge in [0, 0.05) is 41.2 Å². The number of anilines is 1. The summed E-state index contributed by atoms with van der Waals surface area (Å²) in [4.78, 5) is 14.3. The van der Waals surface area contributed by atoms with E-state index >= 15 is 0 Å².